The normalized spacial score (nSPS) is 22.3. The van der Waals surface area contributed by atoms with Gasteiger partial charge < -0.3 is 10.5 Å². The minimum Gasteiger partial charge on any atom is -0.373 e. The van der Waals surface area contributed by atoms with E-state index >= 15 is 0 Å². The highest BCUT2D eigenvalue weighted by atomic mass is 16.5. The minimum absolute atomic E-state index is 0.112. The largest absolute Gasteiger partial charge is 0.373 e. The van der Waals surface area contributed by atoms with Crippen molar-refractivity contribution in [2.24, 2.45) is 5.73 Å². The molecule has 2 rings (SSSR count). The fourth-order valence-electron chi connectivity index (χ4n) is 2.27. The van der Waals surface area contributed by atoms with Crippen LogP contribution in [0.1, 0.15) is 25.6 Å². The van der Waals surface area contributed by atoms with Crippen LogP contribution in [0.2, 0.25) is 0 Å². The van der Waals surface area contributed by atoms with E-state index in [2.05, 4.69) is 28.7 Å². The summed E-state index contributed by atoms with van der Waals surface area (Å²) in [6.45, 7) is 7.29. The molecule has 1 aromatic rings. The Morgan fingerprint density at radius 2 is 2.41 bits per heavy atom. The molecule has 2 heterocycles. The van der Waals surface area contributed by atoms with Gasteiger partial charge in [-0.15, -0.1) is 0 Å². The number of rotatable bonds is 3. The van der Waals surface area contributed by atoms with Gasteiger partial charge >= 0.3 is 0 Å². The highest BCUT2D eigenvalue weighted by molar-refractivity contribution is 5.06. The van der Waals surface area contributed by atoms with Gasteiger partial charge in [0.1, 0.15) is 6.33 Å². The molecular formula is C12H20N4O. The van der Waals surface area contributed by atoms with Crippen molar-refractivity contribution in [2.75, 3.05) is 26.2 Å². The average molecular weight is 236 g/mol. The molecule has 1 atom stereocenters. The van der Waals surface area contributed by atoms with Crippen LogP contribution in [-0.2, 0) is 4.74 Å². The van der Waals surface area contributed by atoms with Gasteiger partial charge in [0, 0.05) is 25.8 Å². The molecule has 0 amide bonds. The third-order valence-electron chi connectivity index (χ3n) is 3.07. The summed E-state index contributed by atoms with van der Waals surface area (Å²) in [5.41, 5.74) is 6.76. The fraction of sp³-hybridized carbons (Fsp3) is 0.667. The van der Waals surface area contributed by atoms with E-state index < -0.39 is 0 Å². The van der Waals surface area contributed by atoms with Crippen LogP contribution >= 0.6 is 0 Å². The zero-order valence-electron chi connectivity index (χ0n) is 10.5. The van der Waals surface area contributed by atoms with E-state index in [0.29, 0.717) is 6.54 Å². The third kappa shape index (κ3) is 3.00. The molecule has 5 nitrogen and oxygen atoms in total. The summed E-state index contributed by atoms with van der Waals surface area (Å²) in [6.07, 6.45) is 3.33. The van der Waals surface area contributed by atoms with Gasteiger partial charge in [0.2, 0.25) is 0 Å². The summed E-state index contributed by atoms with van der Waals surface area (Å²) in [7, 11) is 0. The topological polar surface area (TPSA) is 64.3 Å². The number of hydrogen-bond donors (Lipinski definition) is 1. The summed E-state index contributed by atoms with van der Waals surface area (Å²) in [4.78, 5) is 10.6. The van der Waals surface area contributed by atoms with Gasteiger partial charge in [0.25, 0.3) is 0 Å². The van der Waals surface area contributed by atoms with Gasteiger partial charge in [-0.2, -0.15) is 0 Å². The Bertz CT molecular complexity index is 355. The van der Waals surface area contributed by atoms with Crippen molar-refractivity contribution in [2.45, 2.75) is 25.5 Å². The maximum absolute atomic E-state index is 5.88. The van der Waals surface area contributed by atoms with Gasteiger partial charge in [-0.3, -0.25) is 4.90 Å². The molecule has 1 unspecified atom stereocenters. The maximum atomic E-state index is 5.88. The molecule has 0 bridgehead atoms. The SMILES string of the molecule is CC1(C)CN(C(CN)c2ccncn2)CCO1. The van der Waals surface area contributed by atoms with E-state index in [9.17, 15) is 0 Å². The Labute approximate surface area is 102 Å². The highest BCUT2D eigenvalue weighted by Crippen LogP contribution is 2.24. The van der Waals surface area contributed by atoms with Gasteiger partial charge in [-0.25, -0.2) is 9.97 Å². The molecule has 2 N–H and O–H groups in total. The minimum atomic E-state index is -0.112. The first-order valence-corrected chi connectivity index (χ1v) is 5.96. The molecule has 1 aromatic heterocycles. The van der Waals surface area contributed by atoms with Crippen LogP contribution in [0.5, 0.6) is 0 Å². The quantitative estimate of drug-likeness (QED) is 0.832. The van der Waals surface area contributed by atoms with Crippen molar-refractivity contribution in [3.05, 3.63) is 24.3 Å². The third-order valence-corrected chi connectivity index (χ3v) is 3.07. The Morgan fingerprint density at radius 3 is 3.00 bits per heavy atom. The lowest BCUT2D eigenvalue weighted by Crippen LogP contribution is -2.50. The Morgan fingerprint density at radius 1 is 1.59 bits per heavy atom. The van der Waals surface area contributed by atoms with Crippen molar-refractivity contribution in [3.8, 4) is 0 Å². The zero-order chi connectivity index (χ0) is 12.3. The number of morpholine rings is 1. The van der Waals surface area contributed by atoms with E-state index in [0.717, 1.165) is 25.4 Å². The monoisotopic (exact) mass is 236 g/mol. The van der Waals surface area contributed by atoms with Crippen molar-refractivity contribution in [3.63, 3.8) is 0 Å². The second-order valence-corrected chi connectivity index (χ2v) is 4.96. The number of aromatic nitrogens is 2. The van der Waals surface area contributed by atoms with Crippen LogP contribution < -0.4 is 5.73 Å². The standard InChI is InChI=1S/C12H20N4O/c1-12(2)8-16(5-6-17-12)11(7-13)10-3-4-14-9-15-10/h3-4,9,11H,5-8,13H2,1-2H3. The predicted molar refractivity (Wildman–Crippen MR) is 65.4 cm³/mol. The highest BCUT2D eigenvalue weighted by Gasteiger charge is 2.31. The first-order chi connectivity index (χ1) is 8.12. The Hall–Kier alpha value is -1.04. The van der Waals surface area contributed by atoms with Crippen LogP contribution in [0.25, 0.3) is 0 Å². The molecule has 94 valence electrons. The van der Waals surface area contributed by atoms with Crippen LogP contribution in [-0.4, -0.2) is 46.7 Å². The maximum Gasteiger partial charge on any atom is 0.115 e. The predicted octanol–water partition coefficient (Wildman–Crippen LogP) is 0.587. The fourth-order valence-corrected chi connectivity index (χ4v) is 2.27. The first kappa shape index (κ1) is 12.4. The van der Waals surface area contributed by atoms with Gasteiger partial charge in [0.15, 0.2) is 0 Å². The molecule has 0 aliphatic carbocycles. The van der Waals surface area contributed by atoms with E-state index in [1.165, 1.54) is 0 Å². The number of nitrogens with two attached hydrogens (primary N) is 1. The summed E-state index contributed by atoms with van der Waals surface area (Å²) in [6, 6.07) is 2.08. The molecule has 17 heavy (non-hydrogen) atoms. The molecule has 0 aromatic carbocycles. The smallest absolute Gasteiger partial charge is 0.115 e. The van der Waals surface area contributed by atoms with E-state index in [4.69, 9.17) is 10.5 Å². The van der Waals surface area contributed by atoms with E-state index in [1.54, 1.807) is 12.5 Å². The molecule has 1 aliphatic rings. The summed E-state index contributed by atoms with van der Waals surface area (Å²) in [5, 5.41) is 0. The van der Waals surface area contributed by atoms with Gasteiger partial charge in [0.05, 0.1) is 23.9 Å². The number of ether oxygens (including phenoxy) is 1. The van der Waals surface area contributed by atoms with Crippen LogP contribution in [0.15, 0.2) is 18.6 Å². The lowest BCUT2D eigenvalue weighted by molar-refractivity contribution is -0.0971. The van der Waals surface area contributed by atoms with Crippen LogP contribution in [0, 0.1) is 0 Å². The van der Waals surface area contributed by atoms with E-state index in [1.807, 2.05) is 6.07 Å². The lowest BCUT2D eigenvalue weighted by atomic mass is 10.0. The second-order valence-electron chi connectivity index (χ2n) is 4.96. The molecule has 0 saturated carbocycles. The Kier molecular flexibility index (Phi) is 3.71. The van der Waals surface area contributed by atoms with E-state index in [-0.39, 0.29) is 11.6 Å². The summed E-state index contributed by atoms with van der Waals surface area (Å²) < 4.78 is 5.71. The molecule has 1 saturated heterocycles. The van der Waals surface area contributed by atoms with Gasteiger partial charge in [-0.1, -0.05) is 0 Å². The molecule has 0 radical (unpaired) electrons. The van der Waals surface area contributed by atoms with Crippen molar-refractivity contribution >= 4 is 0 Å². The summed E-state index contributed by atoms with van der Waals surface area (Å²) in [5.74, 6) is 0. The lowest BCUT2D eigenvalue weighted by Gasteiger charge is -2.41. The van der Waals surface area contributed by atoms with Crippen LogP contribution in [0.3, 0.4) is 0 Å². The first-order valence-electron chi connectivity index (χ1n) is 5.96. The van der Waals surface area contributed by atoms with Gasteiger partial charge in [-0.05, 0) is 19.9 Å². The number of hydrogen-bond acceptors (Lipinski definition) is 5. The zero-order valence-corrected chi connectivity index (χ0v) is 10.5. The average Bonchev–Trinajstić information content (AvgIpc) is 2.30. The second kappa shape index (κ2) is 5.08. The molecular weight excluding hydrogens is 216 g/mol. The van der Waals surface area contributed by atoms with Crippen LogP contribution in [0.4, 0.5) is 0 Å². The molecule has 0 spiro atoms. The molecule has 5 heteroatoms. The van der Waals surface area contributed by atoms with Crippen molar-refractivity contribution in [1.29, 1.82) is 0 Å². The Balaban J connectivity index is 2.13. The summed E-state index contributed by atoms with van der Waals surface area (Å²) >= 11 is 0. The number of nitrogens with zero attached hydrogens (tertiary/aromatic N) is 3. The molecule has 1 aliphatic heterocycles. The van der Waals surface area contributed by atoms with Crippen molar-refractivity contribution < 1.29 is 4.74 Å². The van der Waals surface area contributed by atoms with Crippen molar-refractivity contribution in [1.82, 2.24) is 14.9 Å². The molecule has 1 fully saturated rings.